The molecule has 0 spiro atoms. The van der Waals surface area contributed by atoms with Gasteiger partial charge in [0.2, 0.25) is 0 Å². The number of aromatic nitrogens is 3. The van der Waals surface area contributed by atoms with Crippen molar-refractivity contribution < 1.29 is 36.2 Å². The summed E-state index contributed by atoms with van der Waals surface area (Å²) in [4.78, 5) is 5.42. The number of ether oxygens (including phenoxy) is 1. The predicted molar refractivity (Wildman–Crippen MR) is 129 cm³/mol. The highest BCUT2D eigenvalue weighted by Crippen LogP contribution is 2.42. The van der Waals surface area contributed by atoms with Gasteiger partial charge in [0.1, 0.15) is 11.4 Å². The summed E-state index contributed by atoms with van der Waals surface area (Å²) < 4.78 is 92.0. The highest BCUT2D eigenvalue weighted by molar-refractivity contribution is 5.93. The molecule has 0 amide bonds. The third kappa shape index (κ3) is 5.08. The molecule has 2 aromatic heterocycles. The van der Waals surface area contributed by atoms with Crippen LogP contribution >= 0.6 is 0 Å². The summed E-state index contributed by atoms with van der Waals surface area (Å²) >= 11 is 0. The van der Waals surface area contributed by atoms with E-state index in [0.29, 0.717) is 0 Å². The first-order valence-corrected chi connectivity index (χ1v) is 11.9. The molecule has 3 aromatic rings. The molecule has 2 N–H and O–H groups in total. The minimum Gasteiger partial charge on any atom is -0.384 e. The number of halogens is 6. The highest BCUT2D eigenvalue weighted by Gasteiger charge is 2.49. The zero-order chi connectivity index (χ0) is 28.0. The molecule has 1 aromatic carbocycles. The van der Waals surface area contributed by atoms with Gasteiger partial charge in [-0.1, -0.05) is 12.1 Å². The lowest BCUT2D eigenvalue weighted by Crippen LogP contribution is -2.41. The van der Waals surface area contributed by atoms with Crippen LogP contribution in [0.25, 0.3) is 10.9 Å². The molecule has 1 saturated heterocycles. The predicted octanol–water partition coefficient (Wildman–Crippen LogP) is 5.36. The molecule has 206 valence electrons. The van der Waals surface area contributed by atoms with E-state index in [-0.39, 0.29) is 60.0 Å². The van der Waals surface area contributed by atoms with Gasteiger partial charge in [0, 0.05) is 24.0 Å². The SMILES string of the molecule is Cc1nnc(N[C@H](C)c2cccc(C(F)(F)C(C)(C)O)c2F)c2cc(N3CCOCC3)c(C(F)(F)F)nc12. The van der Waals surface area contributed by atoms with E-state index >= 15 is 4.39 Å². The summed E-state index contributed by atoms with van der Waals surface area (Å²) in [5.74, 6) is -5.11. The summed E-state index contributed by atoms with van der Waals surface area (Å²) in [5.41, 5.74) is -4.81. The monoisotopic (exact) mass is 543 g/mol. The van der Waals surface area contributed by atoms with Gasteiger partial charge in [-0.05, 0) is 39.8 Å². The summed E-state index contributed by atoms with van der Waals surface area (Å²) in [6, 6.07) is 3.77. The molecule has 3 heterocycles. The maximum absolute atomic E-state index is 15.3. The number of hydrogen-bond donors (Lipinski definition) is 2. The Kier molecular flexibility index (Phi) is 7.21. The number of aryl methyl sites for hydroxylation is 1. The average molecular weight is 544 g/mol. The number of benzene rings is 1. The lowest BCUT2D eigenvalue weighted by Gasteiger charge is -2.31. The molecule has 0 unspecified atom stereocenters. The van der Waals surface area contributed by atoms with E-state index in [0.717, 1.165) is 19.9 Å². The maximum atomic E-state index is 15.3. The number of alkyl halides is 5. The first-order valence-electron chi connectivity index (χ1n) is 11.9. The van der Waals surface area contributed by atoms with Crippen molar-refractivity contribution in [3.05, 3.63) is 52.6 Å². The zero-order valence-corrected chi connectivity index (χ0v) is 21.1. The Balaban J connectivity index is 1.80. The van der Waals surface area contributed by atoms with Crippen molar-refractivity contribution in [1.82, 2.24) is 15.2 Å². The third-order valence-corrected chi connectivity index (χ3v) is 6.48. The molecule has 1 aliphatic heterocycles. The van der Waals surface area contributed by atoms with Crippen LogP contribution < -0.4 is 10.2 Å². The van der Waals surface area contributed by atoms with Crippen molar-refractivity contribution in [3.63, 3.8) is 0 Å². The van der Waals surface area contributed by atoms with E-state index in [1.807, 2.05) is 0 Å². The molecule has 1 aliphatic rings. The van der Waals surface area contributed by atoms with Crippen LogP contribution in [0.15, 0.2) is 24.3 Å². The average Bonchev–Trinajstić information content (AvgIpc) is 2.84. The van der Waals surface area contributed by atoms with Crippen molar-refractivity contribution in [2.45, 2.75) is 51.4 Å². The van der Waals surface area contributed by atoms with E-state index in [1.165, 1.54) is 36.9 Å². The number of hydrogen-bond acceptors (Lipinski definition) is 7. The van der Waals surface area contributed by atoms with Crippen LogP contribution in [-0.4, -0.2) is 52.2 Å². The van der Waals surface area contributed by atoms with Crippen LogP contribution in [0.1, 0.15) is 49.3 Å². The Morgan fingerprint density at radius 1 is 1.08 bits per heavy atom. The standard InChI is InChI=1S/C25H27F6N5O2/c1-13(15-6-5-7-17(19(15)26)24(27,28)23(3,4)37)32-22-16-12-18(36-8-10-38-11-9-36)21(25(29,30)31)33-20(16)14(2)34-35-22/h5-7,12-13,37H,8-11H2,1-4H3,(H,32,35)/t13-/m1/s1. The van der Waals surface area contributed by atoms with Crippen molar-refractivity contribution >= 4 is 22.4 Å². The second-order valence-corrected chi connectivity index (χ2v) is 9.69. The van der Waals surface area contributed by atoms with Crippen LogP contribution in [0.2, 0.25) is 0 Å². The van der Waals surface area contributed by atoms with Crippen LogP contribution in [0.5, 0.6) is 0 Å². The van der Waals surface area contributed by atoms with Crippen LogP contribution in [-0.2, 0) is 16.8 Å². The summed E-state index contributed by atoms with van der Waals surface area (Å²) in [6.07, 6.45) is -4.74. The number of nitrogens with one attached hydrogen (secondary N) is 1. The Morgan fingerprint density at radius 2 is 1.74 bits per heavy atom. The third-order valence-electron chi connectivity index (χ3n) is 6.48. The Labute approximate surface area is 214 Å². The molecular weight excluding hydrogens is 516 g/mol. The molecule has 7 nitrogen and oxygen atoms in total. The molecule has 0 saturated carbocycles. The zero-order valence-electron chi connectivity index (χ0n) is 21.1. The smallest absolute Gasteiger partial charge is 0.384 e. The van der Waals surface area contributed by atoms with Gasteiger partial charge in [0.05, 0.1) is 41.7 Å². The van der Waals surface area contributed by atoms with Gasteiger partial charge in [0.15, 0.2) is 11.5 Å². The molecule has 38 heavy (non-hydrogen) atoms. The molecule has 0 radical (unpaired) electrons. The first-order chi connectivity index (χ1) is 17.6. The normalized spacial score (nSPS) is 16.1. The first kappa shape index (κ1) is 27.8. The molecule has 1 atom stereocenters. The van der Waals surface area contributed by atoms with Gasteiger partial charge < -0.3 is 20.1 Å². The van der Waals surface area contributed by atoms with Crippen LogP contribution in [0.4, 0.5) is 37.8 Å². The van der Waals surface area contributed by atoms with Gasteiger partial charge in [-0.2, -0.15) is 27.1 Å². The fourth-order valence-corrected chi connectivity index (χ4v) is 4.28. The molecule has 1 fully saturated rings. The second kappa shape index (κ2) is 9.84. The Hall–Kier alpha value is -3.19. The van der Waals surface area contributed by atoms with Crippen molar-refractivity contribution in [1.29, 1.82) is 0 Å². The topological polar surface area (TPSA) is 83.4 Å². The van der Waals surface area contributed by atoms with Crippen LogP contribution in [0.3, 0.4) is 0 Å². The fourth-order valence-electron chi connectivity index (χ4n) is 4.28. The summed E-state index contributed by atoms with van der Waals surface area (Å²) in [5, 5.41) is 21.0. The minimum absolute atomic E-state index is 0.00730. The van der Waals surface area contributed by atoms with Gasteiger partial charge in [0.25, 0.3) is 0 Å². The lowest BCUT2D eigenvalue weighted by atomic mass is 9.91. The van der Waals surface area contributed by atoms with E-state index < -0.39 is 40.8 Å². The quantitative estimate of drug-likeness (QED) is 0.405. The van der Waals surface area contributed by atoms with E-state index in [9.17, 15) is 27.1 Å². The maximum Gasteiger partial charge on any atom is 0.435 e. The number of rotatable bonds is 6. The lowest BCUT2D eigenvalue weighted by molar-refractivity contribution is -0.170. The van der Waals surface area contributed by atoms with Crippen molar-refractivity contribution in [2.75, 3.05) is 36.5 Å². The number of nitrogens with zero attached hydrogens (tertiary/aromatic N) is 4. The molecule has 0 bridgehead atoms. The number of anilines is 2. The Bertz CT molecular complexity index is 1340. The second-order valence-electron chi connectivity index (χ2n) is 9.69. The largest absolute Gasteiger partial charge is 0.435 e. The summed E-state index contributed by atoms with van der Waals surface area (Å²) in [7, 11) is 0. The van der Waals surface area contributed by atoms with Gasteiger partial charge in [-0.3, -0.25) is 0 Å². The van der Waals surface area contributed by atoms with E-state index in [2.05, 4.69) is 20.5 Å². The number of pyridine rings is 1. The van der Waals surface area contributed by atoms with Crippen molar-refractivity contribution in [2.24, 2.45) is 0 Å². The molecular formula is C25H27F6N5O2. The van der Waals surface area contributed by atoms with Gasteiger partial charge in [-0.15, -0.1) is 5.10 Å². The fraction of sp³-hybridized carbons (Fsp3) is 0.480. The minimum atomic E-state index is -4.74. The number of aliphatic hydroxyl groups is 1. The molecule has 4 rings (SSSR count). The Morgan fingerprint density at radius 3 is 2.34 bits per heavy atom. The van der Waals surface area contributed by atoms with Gasteiger partial charge in [-0.25, -0.2) is 9.37 Å². The number of fused-ring (bicyclic) bond motifs is 1. The summed E-state index contributed by atoms with van der Waals surface area (Å²) in [6.45, 7) is 5.64. The van der Waals surface area contributed by atoms with Crippen LogP contribution in [0, 0.1) is 12.7 Å². The molecule has 13 heteroatoms. The molecule has 0 aliphatic carbocycles. The van der Waals surface area contributed by atoms with E-state index in [1.54, 1.807) is 0 Å². The highest BCUT2D eigenvalue weighted by atomic mass is 19.4. The van der Waals surface area contributed by atoms with Crippen molar-refractivity contribution in [3.8, 4) is 0 Å². The number of morpholine rings is 1. The van der Waals surface area contributed by atoms with Gasteiger partial charge >= 0.3 is 12.1 Å². The van der Waals surface area contributed by atoms with E-state index in [4.69, 9.17) is 4.74 Å².